The van der Waals surface area contributed by atoms with E-state index in [1.54, 1.807) is 24.3 Å². The summed E-state index contributed by atoms with van der Waals surface area (Å²) in [5, 5.41) is 0. The van der Waals surface area contributed by atoms with Gasteiger partial charge in [-0.2, -0.15) is 0 Å². The van der Waals surface area contributed by atoms with Crippen LogP contribution < -0.4 is 0 Å². The molecular weight excluding hydrogens is 344 g/mol. The van der Waals surface area contributed by atoms with Gasteiger partial charge in [0, 0.05) is 46.0 Å². The van der Waals surface area contributed by atoms with Gasteiger partial charge >= 0.3 is 0 Å². The molecule has 2 aromatic rings. The average Bonchev–Trinajstić information content (AvgIpc) is 3.15. The van der Waals surface area contributed by atoms with Gasteiger partial charge in [0.2, 0.25) is 0 Å². The number of ether oxygens (including phenoxy) is 1. The number of hydrogen-bond acceptors (Lipinski definition) is 6. The Morgan fingerprint density at radius 2 is 2.04 bits per heavy atom. The van der Waals surface area contributed by atoms with Crippen LogP contribution >= 0.6 is 0 Å². The van der Waals surface area contributed by atoms with Crippen molar-refractivity contribution in [2.45, 2.75) is 13.1 Å². The zero-order valence-electron chi connectivity index (χ0n) is 16.1. The first kappa shape index (κ1) is 19.5. The molecule has 3 rings (SSSR count). The quantitative estimate of drug-likeness (QED) is 0.703. The normalized spacial score (nSPS) is 15.8. The van der Waals surface area contributed by atoms with Crippen LogP contribution in [-0.4, -0.2) is 79.1 Å². The van der Waals surface area contributed by atoms with Gasteiger partial charge in [0.15, 0.2) is 5.76 Å². The molecule has 0 atom stereocenters. The van der Waals surface area contributed by atoms with E-state index in [4.69, 9.17) is 9.15 Å². The summed E-state index contributed by atoms with van der Waals surface area (Å²) >= 11 is 0. The molecule has 0 unspecified atom stereocenters. The molecule has 0 bridgehead atoms. The minimum absolute atomic E-state index is 0.137. The number of pyridine rings is 1. The van der Waals surface area contributed by atoms with Crippen molar-refractivity contribution < 1.29 is 13.9 Å². The molecule has 3 heterocycles. The van der Waals surface area contributed by atoms with Crippen molar-refractivity contribution in [3.8, 4) is 0 Å². The molecule has 0 aliphatic carbocycles. The Bertz CT molecular complexity index is 711. The van der Waals surface area contributed by atoms with Gasteiger partial charge in [0.05, 0.1) is 25.4 Å². The van der Waals surface area contributed by atoms with E-state index in [0.717, 1.165) is 44.2 Å². The van der Waals surface area contributed by atoms with Crippen LogP contribution in [0.4, 0.5) is 0 Å². The standard InChI is InChI=1S/C20H28N4O3/c1-22-9-11-23(12-10-22)16-18-6-7-19(27-18)20(25)24(13-14-26-2)15-17-5-3-4-8-21-17/h3-8H,9-16H2,1-2H3. The lowest BCUT2D eigenvalue weighted by Crippen LogP contribution is -2.43. The first-order chi connectivity index (χ1) is 13.2. The topological polar surface area (TPSA) is 62.1 Å². The molecule has 7 nitrogen and oxygen atoms in total. The van der Waals surface area contributed by atoms with Crippen molar-refractivity contribution in [1.82, 2.24) is 19.7 Å². The first-order valence-corrected chi connectivity index (χ1v) is 9.33. The highest BCUT2D eigenvalue weighted by Crippen LogP contribution is 2.15. The van der Waals surface area contributed by atoms with E-state index in [2.05, 4.69) is 21.8 Å². The minimum Gasteiger partial charge on any atom is -0.455 e. The molecule has 27 heavy (non-hydrogen) atoms. The number of amides is 1. The average molecular weight is 372 g/mol. The van der Waals surface area contributed by atoms with Crippen molar-refractivity contribution in [2.24, 2.45) is 0 Å². The number of likely N-dealkylation sites (N-methyl/N-ethyl adjacent to an activating group) is 1. The maximum Gasteiger partial charge on any atom is 0.289 e. The number of furan rings is 1. The second-order valence-electron chi connectivity index (χ2n) is 6.89. The van der Waals surface area contributed by atoms with Gasteiger partial charge in [0.25, 0.3) is 5.91 Å². The lowest BCUT2D eigenvalue weighted by Gasteiger charge is -2.31. The number of carbonyl (C=O) groups is 1. The third-order valence-corrected chi connectivity index (χ3v) is 4.78. The molecule has 0 spiro atoms. The van der Waals surface area contributed by atoms with E-state index in [9.17, 15) is 4.79 Å². The van der Waals surface area contributed by atoms with Gasteiger partial charge in [0.1, 0.15) is 5.76 Å². The Hall–Kier alpha value is -2.22. The third-order valence-electron chi connectivity index (χ3n) is 4.78. The van der Waals surface area contributed by atoms with Crippen LogP contribution in [0.15, 0.2) is 40.9 Å². The molecule has 1 saturated heterocycles. The number of rotatable bonds is 8. The molecule has 0 saturated carbocycles. The van der Waals surface area contributed by atoms with E-state index < -0.39 is 0 Å². The predicted molar refractivity (Wildman–Crippen MR) is 102 cm³/mol. The predicted octanol–water partition coefficient (Wildman–Crippen LogP) is 1.71. The maximum absolute atomic E-state index is 12.9. The Labute approximate surface area is 160 Å². The Morgan fingerprint density at radius 1 is 1.22 bits per heavy atom. The fourth-order valence-electron chi connectivity index (χ4n) is 3.10. The van der Waals surface area contributed by atoms with Gasteiger partial charge in [-0.15, -0.1) is 0 Å². The number of methoxy groups -OCH3 is 1. The van der Waals surface area contributed by atoms with Crippen molar-refractivity contribution in [1.29, 1.82) is 0 Å². The summed E-state index contributed by atoms with van der Waals surface area (Å²) in [6.07, 6.45) is 1.73. The van der Waals surface area contributed by atoms with E-state index in [-0.39, 0.29) is 5.91 Å². The van der Waals surface area contributed by atoms with E-state index >= 15 is 0 Å². The molecule has 0 aromatic carbocycles. The molecule has 1 aliphatic rings. The van der Waals surface area contributed by atoms with Crippen molar-refractivity contribution >= 4 is 5.91 Å². The number of nitrogens with zero attached hydrogens (tertiary/aromatic N) is 4. The van der Waals surface area contributed by atoms with E-state index in [1.165, 1.54) is 0 Å². The van der Waals surface area contributed by atoms with Gasteiger partial charge < -0.3 is 19.0 Å². The molecule has 7 heteroatoms. The molecular formula is C20H28N4O3. The molecule has 1 aliphatic heterocycles. The highest BCUT2D eigenvalue weighted by Gasteiger charge is 2.21. The monoisotopic (exact) mass is 372 g/mol. The summed E-state index contributed by atoms with van der Waals surface area (Å²) in [7, 11) is 3.77. The first-order valence-electron chi connectivity index (χ1n) is 9.33. The number of aromatic nitrogens is 1. The van der Waals surface area contributed by atoms with Crippen LogP contribution in [0.5, 0.6) is 0 Å². The third kappa shape index (κ3) is 5.63. The van der Waals surface area contributed by atoms with Crippen LogP contribution in [0.3, 0.4) is 0 Å². The summed E-state index contributed by atoms with van der Waals surface area (Å²) in [5.74, 6) is 1.06. The minimum atomic E-state index is -0.137. The second-order valence-corrected chi connectivity index (χ2v) is 6.89. The van der Waals surface area contributed by atoms with Gasteiger partial charge in [-0.25, -0.2) is 0 Å². The number of piperazine rings is 1. The number of carbonyl (C=O) groups excluding carboxylic acids is 1. The van der Waals surface area contributed by atoms with Crippen LogP contribution in [0.25, 0.3) is 0 Å². The summed E-state index contributed by atoms with van der Waals surface area (Å²) < 4.78 is 11.0. The van der Waals surface area contributed by atoms with Gasteiger partial charge in [-0.05, 0) is 31.3 Å². The van der Waals surface area contributed by atoms with Crippen LogP contribution in [0.2, 0.25) is 0 Å². The molecule has 1 fully saturated rings. The molecule has 2 aromatic heterocycles. The Kier molecular flexibility index (Phi) is 6.98. The zero-order valence-corrected chi connectivity index (χ0v) is 16.1. The Morgan fingerprint density at radius 3 is 2.74 bits per heavy atom. The lowest BCUT2D eigenvalue weighted by molar-refractivity contribution is 0.0641. The van der Waals surface area contributed by atoms with Crippen molar-refractivity contribution in [3.63, 3.8) is 0 Å². The smallest absolute Gasteiger partial charge is 0.289 e. The Balaban J connectivity index is 1.63. The summed E-state index contributed by atoms with van der Waals surface area (Å²) in [4.78, 5) is 23.6. The van der Waals surface area contributed by atoms with Crippen LogP contribution in [-0.2, 0) is 17.8 Å². The SMILES string of the molecule is COCCN(Cc1ccccn1)C(=O)c1ccc(CN2CCN(C)CC2)o1. The molecule has 146 valence electrons. The maximum atomic E-state index is 12.9. The van der Waals surface area contributed by atoms with Gasteiger partial charge in [-0.1, -0.05) is 6.07 Å². The lowest BCUT2D eigenvalue weighted by atomic mass is 10.3. The van der Waals surface area contributed by atoms with Crippen LogP contribution in [0, 0.1) is 0 Å². The molecule has 1 amide bonds. The summed E-state index contributed by atoms with van der Waals surface area (Å²) in [5.41, 5.74) is 0.839. The van der Waals surface area contributed by atoms with Crippen molar-refractivity contribution in [3.05, 3.63) is 53.7 Å². The highest BCUT2D eigenvalue weighted by atomic mass is 16.5. The summed E-state index contributed by atoms with van der Waals surface area (Å²) in [6.45, 7) is 6.26. The fourth-order valence-corrected chi connectivity index (χ4v) is 3.10. The summed E-state index contributed by atoms with van der Waals surface area (Å²) in [6, 6.07) is 9.37. The largest absolute Gasteiger partial charge is 0.455 e. The number of hydrogen-bond donors (Lipinski definition) is 0. The van der Waals surface area contributed by atoms with Crippen LogP contribution in [0.1, 0.15) is 22.0 Å². The highest BCUT2D eigenvalue weighted by molar-refractivity contribution is 5.91. The molecule has 0 radical (unpaired) electrons. The fraction of sp³-hybridized carbons (Fsp3) is 0.500. The van der Waals surface area contributed by atoms with E-state index in [0.29, 0.717) is 25.5 Å². The van der Waals surface area contributed by atoms with E-state index in [1.807, 2.05) is 24.3 Å². The zero-order chi connectivity index (χ0) is 19.1. The second kappa shape index (κ2) is 9.64. The van der Waals surface area contributed by atoms with Gasteiger partial charge in [-0.3, -0.25) is 14.7 Å². The van der Waals surface area contributed by atoms with Crippen molar-refractivity contribution in [2.75, 3.05) is 53.5 Å². The molecule has 0 N–H and O–H groups in total.